The Kier molecular flexibility index (Phi) is 3.24. The van der Waals surface area contributed by atoms with Crippen LogP contribution in [0, 0.1) is 5.92 Å². The highest BCUT2D eigenvalue weighted by molar-refractivity contribution is 5.85. The largest absolute Gasteiger partial charge is 0.477 e. The van der Waals surface area contributed by atoms with Gasteiger partial charge in [0.2, 0.25) is 0 Å². The molecule has 2 heterocycles. The molecule has 1 atom stereocenters. The summed E-state index contributed by atoms with van der Waals surface area (Å²) in [5.41, 5.74) is 1.09. The van der Waals surface area contributed by atoms with Gasteiger partial charge in [-0.1, -0.05) is 0 Å². The number of aromatic nitrogens is 2. The lowest BCUT2D eigenvalue weighted by Gasteiger charge is -2.20. The van der Waals surface area contributed by atoms with E-state index in [0.29, 0.717) is 5.92 Å². The molecule has 88 valence electrons. The van der Waals surface area contributed by atoms with Crippen LogP contribution in [0.3, 0.4) is 0 Å². The molecule has 1 aromatic heterocycles. The Morgan fingerprint density at radius 3 is 3.12 bits per heavy atom. The summed E-state index contributed by atoms with van der Waals surface area (Å²) in [5.74, 6) is -0.452. The highest BCUT2D eigenvalue weighted by Crippen LogP contribution is 2.18. The monoisotopic (exact) mass is 224 g/mol. The number of aryl methyl sites for hydroxylation is 1. The SMILES string of the molecule is Cn1nc(CC2CCCOC2)cc1C(=O)O. The number of rotatable bonds is 3. The standard InChI is InChI=1S/C11H16N2O3/c1-13-10(11(14)15)6-9(12-13)5-8-3-2-4-16-7-8/h6,8H,2-5,7H2,1H3,(H,14,15). The zero-order valence-electron chi connectivity index (χ0n) is 9.35. The molecule has 1 aromatic rings. The van der Waals surface area contributed by atoms with Crippen LogP contribution in [-0.2, 0) is 18.2 Å². The summed E-state index contributed by atoms with van der Waals surface area (Å²) in [7, 11) is 1.66. The lowest BCUT2D eigenvalue weighted by Crippen LogP contribution is -2.19. The average molecular weight is 224 g/mol. The molecule has 16 heavy (non-hydrogen) atoms. The van der Waals surface area contributed by atoms with Crippen LogP contribution in [0.2, 0.25) is 0 Å². The maximum absolute atomic E-state index is 10.8. The molecule has 1 saturated heterocycles. The fourth-order valence-corrected chi connectivity index (χ4v) is 2.09. The molecular weight excluding hydrogens is 208 g/mol. The Balaban J connectivity index is 2.03. The zero-order chi connectivity index (χ0) is 11.5. The van der Waals surface area contributed by atoms with Crippen LogP contribution in [-0.4, -0.2) is 34.1 Å². The Hall–Kier alpha value is -1.36. The van der Waals surface area contributed by atoms with Gasteiger partial charge in [-0.3, -0.25) is 4.68 Å². The Morgan fingerprint density at radius 2 is 2.56 bits per heavy atom. The lowest BCUT2D eigenvalue weighted by atomic mass is 9.97. The smallest absolute Gasteiger partial charge is 0.354 e. The molecule has 1 aliphatic heterocycles. The summed E-state index contributed by atoms with van der Waals surface area (Å²) < 4.78 is 6.81. The average Bonchev–Trinajstić information content (AvgIpc) is 2.61. The third kappa shape index (κ3) is 2.41. The van der Waals surface area contributed by atoms with Crippen molar-refractivity contribution in [3.63, 3.8) is 0 Å². The van der Waals surface area contributed by atoms with Crippen LogP contribution in [0.1, 0.15) is 29.0 Å². The molecule has 1 N–H and O–H groups in total. The third-order valence-corrected chi connectivity index (χ3v) is 2.90. The van der Waals surface area contributed by atoms with E-state index in [1.54, 1.807) is 13.1 Å². The minimum Gasteiger partial charge on any atom is -0.477 e. The molecule has 5 nitrogen and oxygen atoms in total. The van der Waals surface area contributed by atoms with E-state index in [9.17, 15) is 4.79 Å². The number of carbonyl (C=O) groups is 1. The van der Waals surface area contributed by atoms with Crippen molar-refractivity contribution in [1.29, 1.82) is 0 Å². The van der Waals surface area contributed by atoms with E-state index in [4.69, 9.17) is 9.84 Å². The van der Waals surface area contributed by atoms with Crippen molar-refractivity contribution in [2.24, 2.45) is 13.0 Å². The van der Waals surface area contributed by atoms with Crippen LogP contribution in [0.15, 0.2) is 6.07 Å². The van der Waals surface area contributed by atoms with Crippen molar-refractivity contribution in [3.05, 3.63) is 17.5 Å². The van der Waals surface area contributed by atoms with Gasteiger partial charge in [-0.2, -0.15) is 5.10 Å². The highest BCUT2D eigenvalue weighted by Gasteiger charge is 2.18. The quantitative estimate of drug-likeness (QED) is 0.834. The van der Waals surface area contributed by atoms with E-state index in [-0.39, 0.29) is 5.69 Å². The van der Waals surface area contributed by atoms with Crippen LogP contribution >= 0.6 is 0 Å². The molecule has 0 aromatic carbocycles. The summed E-state index contributed by atoms with van der Waals surface area (Å²) in [4.78, 5) is 10.8. The van der Waals surface area contributed by atoms with Crippen molar-refractivity contribution < 1.29 is 14.6 Å². The minimum absolute atomic E-state index is 0.242. The van der Waals surface area contributed by atoms with Gasteiger partial charge in [0.15, 0.2) is 0 Å². The summed E-state index contributed by atoms with van der Waals surface area (Å²) in [6.45, 7) is 1.61. The number of carboxylic acids is 1. The number of hydrogen-bond donors (Lipinski definition) is 1. The second-order valence-electron chi connectivity index (χ2n) is 4.24. The Bertz CT molecular complexity index is 381. The van der Waals surface area contributed by atoms with E-state index in [2.05, 4.69) is 5.10 Å². The number of aromatic carboxylic acids is 1. The van der Waals surface area contributed by atoms with Gasteiger partial charge in [-0.25, -0.2) is 4.79 Å². The van der Waals surface area contributed by atoms with Crippen molar-refractivity contribution in [2.45, 2.75) is 19.3 Å². The van der Waals surface area contributed by atoms with Crippen LogP contribution in [0.4, 0.5) is 0 Å². The summed E-state index contributed by atoms with van der Waals surface area (Å²) in [5, 5.41) is 13.1. The van der Waals surface area contributed by atoms with Gasteiger partial charge < -0.3 is 9.84 Å². The van der Waals surface area contributed by atoms with E-state index in [1.807, 2.05) is 0 Å². The van der Waals surface area contributed by atoms with Crippen molar-refractivity contribution in [2.75, 3.05) is 13.2 Å². The third-order valence-electron chi connectivity index (χ3n) is 2.90. The van der Waals surface area contributed by atoms with Gasteiger partial charge in [0.25, 0.3) is 0 Å². The molecule has 5 heteroatoms. The van der Waals surface area contributed by atoms with Crippen molar-refractivity contribution in [3.8, 4) is 0 Å². The van der Waals surface area contributed by atoms with Gasteiger partial charge in [0.05, 0.1) is 5.69 Å². The predicted octanol–water partition coefficient (Wildman–Crippen LogP) is 1.09. The maximum atomic E-state index is 10.8. The van der Waals surface area contributed by atoms with Gasteiger partial charge in [-0.15, -0.1) is 0 Å². The van der Waals surface area contributed by atoms with Crippen molar-refractivity contribution in [1.82, 2.24) is 9.78 Å². The molecule has 0 bridgehead atoms. The van der Waals surface area contributed by atoms with Gasteiger partial charge in [-0.05, 0) is 31.2 Å². The molecular formula is C11H16N2O3. The summed E-state index contributed by atoms with van der Waals surface area (Å²) in [6, 6.07) is 1.65. The molecule has 0 saturated carbocycles. The van der Waals surface area contributed by atoms with E-state index in [0.717, 1.165) is 38.2 Å². The lowest BCUT2D eigenvalue weighted by molar-refractivity contribution is 0.0546. The Morgan fingerprint density at radius 1 is 1.75 bits per heavy atom. The Labute approximate surface area is 94.0 Å². The predicted molar refractivity (Wildman–Crippen MR) is 57.4 cm³/mol. The second-order valence-corrected chi connectivity index (χ2v) is 4.24. The number of hydrogen-bond acceptors (Lipinski definition) is 3. The minimum atomic E-state index is -0.929. The molecule has 0 radical (unpaired) electrons. The highest BCUT2D eigenvalue weighted by atomic mass is 16.5. The first-order valence-electron chi connectivity index (χ1n) is 5.51. The normalized spacial score (nSPS) is 20.9. The summed E-state index contributed by atoms with van der Waals surface area (Å²) >= 11 is 0. The first kappa shape index (κ1) is 11.1. The first-order valence-corrected chi connectivity index (χ1v) is 5.51. The van der Waals surface area contributed by atoms with Gasteiger partial charge in [0, 0.05) is 20.3 Å². The van der Waals surface area contributed by atoms with Gasteiger partial charge >= 0.3 is 5.97 Å². The van der Waals surface area contributed by atoms with E-state index < -0.39 is 5.97 Å². The van der Waals surface area contributed by atoms with Crippen LogP contribution < -0.4 is 0 Å². The number of nitrogens with zero attached hydrogens (tertiary/aromatic N) is 2. The zero-order valence-corrected chi connectivity index (χ0v) is 9.35. The number of carboxylic acid groups (broad SMARTS) is 1. The van der Waals surface area contributed by atoms with E-state index >= 15 is 0 Å². The fourth-order valence-electron chi connectivity index (χ4n) is 2.09. The molecule has 0 amide bonds. The molecule has 1 unspecified atom stereocenters. The molecule has 1 fully saturated rings. The van der Waals surface area contributed by atoms with Crippen LogP contribution in [0.5, 0.6) is 0 Å². The molecule has 2 rings (SSSR count). The number of ether oxygens (including phenoxy) is 1. The van der Waals surface area contributed by atoms with E-state index in [1.165, 1.54) is 4.68 Å². The second kappa shape index (κ2) is 4.65. The molecule has 0 spiro atoms. The fraction of sp³-hybridized carbons (Fsp3) is 0.636. The van der Waals surface area contributed by atoms with Gasteiger partial charge in [0.1, 0.15) is 5.69 Å². The van der Waals surface area contributed by atoms with Crippen molar-refractivity contribution >= 4 is 5.97 Å². The maximum Gasteiger partial charge on any atom is 0.354 e. The summed E-state index contributed by atoms with van der Waals surface area (Å²) in [6.07, 6.45) is 3.03. The van der Waals surface area contributed by atoms with Crippen LogP contribution in [0.25, 0.3) is 0 Å². The molecule has 1 aliphatic rings. The molecule has 0 aliphatic carbocycles. The first-order chi connectivity index (χ1) is 7.66. The topological polar surface area (TPSA) is 64.4 Å².